The molecule has 0 saturated heterocycles. The molecule has 0 rings (SSSR count). The SMILES string of the molecule is CC(CN)CCC(=O)NCC#N. The molecule has 0 heterocycles. The topological polar surface area (TPSA) is 78.9 Å². The van der Waals surface area contributed by atoms with Crippen LogP contribution in [0.5, 0.6) is 0 Å². The Labute approximate surface area is 72.7 Å². The van der Waals surface area contributed by atoms with Gasteiger partial charge in [-0.2, -0.15) is 5.26 Å². The van der Waals surface area contributed by atoms with Crippen LogP contribution in [0.3, 0.4) is 0 Å². The molecular weight excluding hydrogens is 154 g/mol. The van der Waals surface area contributed by atoms with Crippen molar-refractivity contribution in [3.63, 3.8) is 0 Å². The molecule has 0 bridgehead atoms. The predicted molar refractivity (Wildman–Crippen MR) is 46.1 cm³/mol. The van der Waals surface area contributed by atoms with Crippen molar-refractivity contribution in [2.45, 2.75) is 19.8 Å². The van der Waals surface area contributed by atoms with E-state index in [0.29, 0.717) is 18.9 Å². The van der Waals surface area contributed by atoms with Crippen molar-refractivity contribution >= 4 is 5.91 Å². The number of nitrogens with one attached hydrogen (secondary N) is 1. The first-order valence-corrected chi connectivity index (χ1v) is 4.04. The third-order valence-corrected chi connectivity index (χ3v) is 1.63. The van der Waals surface area contributed by atoms with Gasteiger partial charge in [-0.15, -0.1) is 0 Å². The summed E-state index contributed by atoms with van der Waals surface area (Å²) in [6.07, 6.45) is 1.24. The normalized spacial score (nSPS) is 11.8. The van der Waals surface area contributed by atoms with Crippen LogP contribution >= 0.6 is 0 Å². The number of hydrogen-bond acceptors (Lipinski definition) is 3. The Hall–Kier alpha value is -1.08. The minimum Gasteiger partial charge on any atom is -0.343 e. The van der Waals surface area contributed by atoms with Gasteiger partial charge in [0, 0.05) is 6.42 Å². The van der Waals surface area contributed by atoms with Gasteiger partial charge in [-0.25, -0.2) is 0 Å². The number of nitrogens with zero attached hydrogens (tertiary/aromatic N) is 1. The molecule has 4 heteroatoms. The number of carbonyl (C=O) groups excluding carboxylic acids is 1. The monoisotopic (exact) mass is 169 g/mol. The summed E-state index contributed by atoms with van der Waals surface area (Å²) in [6, 6.07) is 1.84. The van der Waals surface area contributed by atoms with Gasteiger partial charge in [-0.05, 0) is 18.9 Å². The van der Waals surface area contributed by atoms with Gasteiger partial charge in [-0.1, -0.05) is 6.92 Å². The maximum atomic E-state index is 10.9. The zero-order valence-corrected chi connectivity index (χ0v) is 7.34. The summed E-state index contributed by atoms with van der Waals surface area (Å²) in [4.78, 5) is 10.9. The summed E-state index contributed by atoms with van der Waals surface area (Å²) in [7, 11) is 0. The van der Waals surface area contributed by atoms with Crippen molar-refractivity contribution in [2.24, 2.45) is 11.7 Å². The van der Waals surface area contributed by atoms with Gasteiger partial charge in [0.1, 0.15) is 6.54 Å². The van der Waals surface area contributed by atoms with Gasteiger partial charge >= 0.3 is 0 Å². The van der Waals surface area contributed by atoms with Crippen molar-refractivity contribution in [2.75, 3.05) is 13.1 Å². The van der Waals surface area contributed by atoms with E-state index in [9.17, 15) is 4.79 Å². The highest BCUT2D eigenvalue weighted by molar-refractivity contribution is 5.76. The summed E-state index contributed by atoms with van der Waals surface area (Å²) in [6.45, 7) is 2.69. The lowest BCUT2D eigenvalue weighted by molar-refractivity contribution is -0.121. The largest absolute Gasteiger partial charge is 0.343 e. The number of carbonyl (C=O) groups is 1. The van der Waals surface area contributed by atoms with E-state index in [2.05, 4.69) is 5.32 Å². The first kappa shape index (κ1) is 10.9. The van der Waals surface area contributed by atoms with Gasteiger partial charge < -0.3 is 11.1 Å². The third-order valence-electron chi connectivity index (χ3n) is 1.63. The Morgan fingerprint density at radius 2 is 2.42 bits per heavy atom. The van der Waals surface area contributed by atoms with Crippen molar-refractivity contribution in [3.8, 4) is 6.07 Å². The number of amides is 1. The van der Waals surface area contributed by atoms with E-state index >= 15 is 0 Å². The van der Waals surface area contributed by atoms with Gasteiger partial charge in [0.2, 0.25) is 5.91 Å². The van der Waals surface area contributed by atoms with E-state index in [1.807, 2.05) is 13.0 Å². The van der Waals surface area contributed by atoms with Crippen molar-refractivity contribution in [1.29, 1.82) is 5.26 Å². The van der Waals surface area contributed by atoms with Gasteiger partial charge in [0.05, 0.1) is 6.07 Å². The molecular formula is C8H15N3O. The number of hydrogen-bond donors (Lipinski definition) is 2. The molecule has 0 spiro atoms. The van der Waals surface area contributed by atoms with Crippen LogP contribution in [0.2, 0.25) is 0 Å². The molecule has 0 aromatic heterocycles. The molecule has 0 aliphatic rings. The Balaban J connectivity index is 3.38. The molecule has 0 fully saturated rings. The summed E-state index contributed by atoms with van der Waals surface area (Å²) < 4.78 is 0. The van der Waals surface area contributed by atoms with Crippen LogP contribution in [-0.4, -0.2) is 19.0 Å². The van der Waals surface area contributed by atoms with E-state index < -0.39 is 0 Å². The second kappa shape index (κ2) is 6.62. The molecule has 0 radical (unpaired) electrons. The van der Waals surface area contributed by atoms with E-state index in [1.54, 1.807) is 0 Å². The Morgan fingerprint density at radius 1 is 1.75 bits per heavy atom. The van der Waals surface area contributed by atoms with Crippen LogP contribution in [0.1, 0.15) is 19.8 Å². The van der Waals surface area contributed by atoms with E-state index in [0.717, 1.165) is 6.42 Å². The van der Waals surface area contributed by atoms with Crippen molar-refractivity contribution in [3.05, 3.63) is 0 Å². The molecule has 0 saturated carbocycles. The van der Waals surface area contributed by atoms with E-state index in [-0.39, 0.29) is 12.5 Å². The van der Waals surface area contributed by atoms with E-state index in [4.69, 9.17) is 11.0 Å². The zero-order chi connectivity index (χ0) is 9.40. The van der Waals surface area contributed by atoms with Gasteiger partial charge in [0.15, 0.2) is 0 Å². The van der Waals surface area contributed by atoms with Crippen LogP contribution < -0.4 is 11.1 Å². The Bertz CT molecular complexity index is 174. The van der Waals surface area contributed by atoms with Crippen molar-refractivity contribution in [1.82, 2.24) is 5.32 Å². The maximum Gasteiger partial charge on any atom is 0.220 e. The highest BCUT2D eigenvalue weighted by atomic mass is 16.1. The van der Waals surface area contributed by atoms with Crippen LogP contribution in [0.4, 0.5) is 0 Å². The Kier molecular flexibility index (Phi) is 6.02. The lowest BCUT2D eigenvalue weighted by atomic mass is 10.1. The maximum absolute atomic E-state index is 10.9. The smallest absolute Gasteiger partial charge is 0.220 e. The second-order valence-electron chi connectivity index (χ2n) is 2.81. The second-order valence-corrected chi connectivity index (χ2v) is 2.81. The number of nitrogens with two attached hydrogens (primary N) is 1. The molecule has 0 aromatic carbocycles. The molecule has 68 valence electrons. The summed E-state index contributed by atoms with van der Waals surface area (Å²) in [5.74, 6) is 0.301. The van der Waals surface area contributed by atoms with Crippen LogP contribution in [0, 0.1) is 17.2 Å². The third kappa shape index (κ3) is 5.69. The average molecular weight is 169 g/mol. The summed E-state index contributed by atoms with van der Waals surface area (Å²) in [5.41, 5.74) is 5.37. The molecule has 3 N–H and O–H groups in total. The standard InChI is InChI=1S/C8H15N3O/c1-7(6-10)2-3-8(12)11-5-4-9/h7H,2-3,5-6,10H2,1H3,(H,11,12). The fourth-order valence-corrected chi connectivity index (χ4v) is 0.722. The zero-order valence-electron chi connectivity index (χ0n) is 7.34. The lowest BCUT2D eigenvalue weighted by Gasteiger charge is -2.06. The fourth-order valence-electron chi connectivity index (χ4n) is 0.722. The van der Waals surface area contributed by atoms with Gasteiger partial charge in [0.25, 0.3) is 0 Å². The molecule has 0 aromatic rings. The Morgan fingerprint density at radius 3 is 2.92 bits per heavy atom. The number of nitriles is 1. The molecule has 1 amide bonds. The first-order valence-electron chi connectivity index (χ1n) is 4.04. The highest BCUT2D eigenvalue weighted by Gasteiger charge is 2.03. The minimum absolute atomic E-state index is 0.0724. The quantitative estimate of drug-likeness (QED) is 0.568. The summed E-state index contributed by atoms with van der Waals surface area (Å²) >= 11 is 0. The predicted octanol–water partition coefficient (Wildman–Crippen LogP) is 0.00118. The van der Waals surface area contributed by atoms with E-state index in [1.165, 1.54) is 0 Å². The fraction of sp³-hybridized carbons (Fsp3) is 0.750. The number of rotatable bonds is 5. The van der Waals surface area contributed by atoms with Gasteiger partial charge in [-0.3, -0.25) is 4.79 Å². The highest BCUT2D eigenvalue weighted by Crippen LogP contribution is 2.02. The first-order chi connectivity index (χ1) is 5.70. The average Bonchev–Trinajstić information content (AvgIpc) is 2.10. The minimum atomic E-state index is -0.0724. The van der Waals surface area contributed by atoms with Crippen LogP contribution in [0.15, 0.2) is 0 Å². The molecule has 1 atom stereocenters. The lowest BCUT2D eigenvalue weighted by Crippen LogP contribution is -2.24. The molecule has 4 nitrogen and oxygen atoms in total. The summed E-state index contributed by atoms with van der Waals surface area (Å²) in [5, 5.41) is 10.6. The van der Waals surface area contributed by atoms with Crippen LogP contribution in [-0.2, 0) is 4.79 Å². The molecule has 0 aliphatic carbocycles. The van der Waals surface area contributed by atoms with Crippen molar-refractivity contribution < 1.29 is 4.79 Å². The molecule has 12 heavy (non-hydrogen) atoms. The van der Waals surface area contributed by atoms with Crippen LogP contribution in [0.25, 0.3) is 0 Å². The molecule has 1 unspecified atom stereocenters. The molecule has 0 aliphatic heterocycles.